The Morgan fingerprint density at radius 3 is 2.65 bits per heavy atom. The van der Waals surface area contributed by atoms with E-state index in [-0.39, 0.29) is 16.0 Å². The summed E-state index contributed by atoms with van der Waals surface area (Å²) in [5.41, 5.74) is 1.49. The Balaban J connectivity index is 2.33. The van der Waals surface area contributed by atoms with Crippen LogP contribution in [0.2, 0.25) is 0 Å². The molecule has 3 rings (SSSR count). The van der Waals surface area contributed by atoms with Crippen molar-refractivity contribution in [1.29, 1.82) is 5.26 Å². The van der Waals surface area contributed by atoms with Crippen molar-refractivity contribution in [3.63, 3.8) is 0 Å². The molecule has 0 saturated heterocycles. The molecule has 0 bridgehead atoms. The van der Waals surface area contributed by atoms with E-state index in [1.807, 2.05) is 6.07 Å². The number of nitriles is 1. The molecular weight excluding hydrogens is 280 g/mol. The smallest absolute Gasteiger partial charge is 0.182 e. The van der Waals surface area contributed by atoms with Crippen LogP contribution in [0.5, 0.6) is 0 Å². The summed E-state index contributed by atoms with van der Waals surface area (Å²) in [6.07, 6.45) is 0. The lowest BCUT2D eigenvalue weighted by molar-refractivity contribution is 0.618. The van der Waals surface area contributed by atoms with Crippen LogP contribution >= 0.6 is 12.2 Å². The number of imidazole rings is 1. The largest absolute Gasteiger partial charge is 0.330 e. The zero-order valence-electron chi connectivity index (χ0n) is 10.0. The van der Waals surface area contributed by atoms with Gasteiger partial charge in [0.15, 0.2) is 4.77 Å². The average Bonchev–Trinajstić information content (AvgIpc) is 2.73. The number of hydrogen-bond donors (Lipinski definition) is 1. The Bertz CT molecular complexity index is 918. The van der Waals surface area contributed by atoms with Crippen LogP contribution in [0.3, 0.4) is 0 Å². The van der Waals surface area contributed by atoms with Crippen molar-refractivity contribution in [2.24, 2.45) is 0 Å². The van der Waals surface area contributed by atoms with Gasteiger partial charge in [0.1, 0.15) is 11.6 Å². The van der Waals surface area contributed by atoms with Gasteiger partial charge < -0.3 is 4.98 Å². The maximum Gasteiger partial charge on any atom is 0.182 e. The number of nitrogens with one attached hydrogen (secondary N) is 1. The van der Waals surface area contributed by atoms with Crippen LogP contribution in [0, 0.1) is 27.7 Å². The van der Waals surface area contributed by atoms with Gasteiger partial charge in [0.2, 0.25) is 0 Å². The highest BCUT2D eigenvalue weighted by atomic mass is 32.1. The number of benzene rings is 2. The summed E-state index contributed by atoms with van der Waals surface area (Å²) in [6.45, 7) is 0. The highest BCUT2D eigenvalue weighted by molar-refractivity contribution is 7.71. The second-order valence-corrected chi connectivity index (χ2v) is 4.59. The van der Waals surface area contributed by atoms with Gasteiger partial charge in [-0.25, -0.2) is 8.78 Å². The summed E-state index contributed by atoms with van der Waals surface area (Å²) < 4.78 is 29.0. The number of hydrogen-bond acceptors (Lipinski definition) is 2. The third-order valence-corrected chi connectivity index (χ3v) is 3.25. The highest BCUT2D eigenvalue weighted by Gasteiger charge is 2.11. The van der Waals surface area contributed by atoms with E-state index in [4.69, 9.17) is 17.5 Å². The normalized spacial score (nSPS) is 10.7. The molecule has 3 nitrogen and oxygen atoms in total. The van der Waals surface area contributed by atoms with Crippen molar-refractivity contribution in [2.75, 3.05) is 0 Å². The fourth-order valence-corrected chi connectivity index (χ4v) is 2.39. The SMILES string of the molecule is N#Cc1ccc(-n2c(=S)[nH]c3cc(F)ccc32)c(F)c1. The van der Waals surface area contributed by atoms with E-state index in [1.165, 1.54) is 34.9 Å². The maximum absolute atomic E-state index is 14.1. The van der Waals surface area contributed by atoms with Gasteiger partial charge in [0.05, 0.1) is 28.4 Å². The number of fused-ring (bicyclic) bond motifs is 1. The summed E-state index contributed by atoms with van der Waals surface area (Å²) in [6, 6.07) is 10.1. The van der Waals surface area contributed by atoms with Gasteiger partial charge >= 0.3 is 0 Å². The minimum absolute atomic E-state index is 0.215. The van der Waals surface area contributed by atoms with Crippen LogP contribution in [0.1, 0.15) is 5.56 Å². The lowest BCUT2D eigenvalue weighted by Crippen LogP contribution is -1.98. The van der Waals surface area contributed by atoms with Gasteiger partial charge in [0, 0.05) is 0 Å². The van der Waals surface area contributed by atoms with Gasteiger partial charge in [-0.2, -0.15) is 5.26 Å². The van der Waals surface area contributed by atoms with Gasteiger partial charge in [-0.05, 0) is 48.6 Å². The van der Waals surface area contributed by atoms with Crippen LogP contribution in [0.4, 0.5) is 8.78 Å². The molecule has 0 aliphatic heterocycles. The molecule has 1 aromatic heterocycles. The number of rotatable bonds is 1. The monoisotopic (exact) mass is 287 g/mol. The van der Waals surface area contributed by atoms with Crippen LogP contribution in [0.25, 0.3) is 16.7 Å². The minimum Gasteiger partial charge on any atom is -0.330 e. The molecule has 0 unspecified atom stereocenters. The molecule has 3 aromatic rings. The molecule has 20 heavy (non-hydrogen) atoms. The number of nitrogens with zero attached hydrogens (tertiary/aromatic N) is 2. The Labute approximate surface area is 117 Å². The maximum atomic E-state index is 14.1. The predicted octanol–water partition coefficient (Wildman–Crippen LogP) is 3.84. The second-order valence-electron chi connectivity index (χ2n) is 4.21. The molecule has 0 aliphatic carbocycles. The van der Waals surface area contributed by atoms with Crippen LogP contribution in [-0.4, -0.2) is 9.55 Å². The molecular formula is C14H7F2N3S. The third-order valence-electron chi connectivity index (χ3n) is 2.96. The molecule has 0 amide bonds. The lowest BCUT2D eigenvalue weighted by atomic mass is 10.2. The molecule has 1 N–H and O–H groups in total. The number of H-pyrrole nitrogens is 1. The molecule has 0 aliphatic rings. The van der Waals surface area contributed by atoms with Crippen LogP contribution < -0.4 is 0 Å². The summed E-state index contributed by atoms with van der Waals surface area (Å²) >= 11 is 5.15. The highest BCUT2D eigenvalue weighted by Crippen LogP contribution is 2.23. The molecule has 2 aromatic carbocycles. The zero-order valence-corrected chi connectivity index (χ0v) is 10.8. The van der Waals surface area contributed by atoms with E-state index < -0.39 is 11.6 Å². The molecule has 6 heteroatoms. The molecule has 0 saturated carbocycles. The van der Waals surface area contributed by atoms with Crippen molar-refractivity contribution in [2.45, 2.75) is 0 Å². The van der Waals surface area contributed by atoms with E-state index in [0.717, 1.165) is 6.07 Å². The molecule has 98 valence electrons. The van der Waals surface area contributed by atoms with E-state index in [9.17, 15) is 8.78 Å². The van der Waals surface area contributed by atoms with E-state index in [0.29, 0.717) is 11.0 Å². The molecule has 0 atom stereocenters. The Hall–Kier alpha value is -2.52. The first-order valence-electron chi connectivity index (χ1n) is 5.70. The fraction of sp³-hybridized carbons (Fsp3) is 0. The topological polar surface area (TPSA) is 44.5 Å². The summed E-state index contributed by atoms with van der Waals surface area (Å²) in [4.78, 5) is 2.83. The quantitative estimate of drug-likeness (QED) is 0.691. The Morgan fingerprint density at radius 1 is 1.15 bits per heavy atom. The first kappa shape index (κ1) is 12.5. The first-order chi connectivity index (χ1) is 9.60. The number of halogens is 2. The lowest BCUT2D eigenvalue weighted by Gasteiger charge is -2.06. The number of aromatic nitrogens is 2. The van der Waals surface area contributed by atoms with Gasteiger partial charge in [-0.1, -0.05) is 0 Å². The standard InChI is InChI=1S/C14H7F2N3S/c15-9-2-4-13-11(6-9)18-14(20)19(13)12-3-1-8(7-17)5-10(12)16/h1-6H,(H,18,20). The molecule has 1 heterocycles. The Morgan fingerprint density at radius 2 is 1.95 bits per heavy atom. The summed E-state index contributed by atoms with van der Waals surface area (Å²) in [5.74, 6) is -0.966. The summed E-state index contributed by atoms with van der Waals surface area (Å²) in [5, 5.41) is 8.75. The fourth-order valence-electron chi connectivity index (χ4n) is 2.08. The predicted molar refractivity (Wildman–Crippen MR) is 73.1 cm³/mol. The average molecular weight is 287 g/mol. The van der Waals surface area contributed by atoms with Crippen molar-refractivity contribution >= 4 is 23.3 Å². The van der Waals surface area contributed by atoms with Crippen molar-refractivity contribution in [3.05, 3.63) is 58.4 Å². The minimum atomic E-state index is -0.564. The zero-order chi connectivity index (χ0) is 14.3. The van der Waals surface area contributed by atoms with Crippen molar-refractivity contribution < 1.29 is 8.78 Å². The van der Waals surface area contributed by atoms with Crippen LogP contribution in [-0.2, 0) is 0 Å². The second kappa shape index (κ2) is 4.54. The number of aromatic amines is 1. The first-order valence-corrected chi connectivity index (χ1v) is 6.11. The van der Waals surface area contributed by atoms with Crippen molar-refractivity contribution in [1.82, 2.24) is 9.55 Å². The summed E-state index contributed by atoms with van der Waals surface area (Å²) in [7, 11) is 0. The van der Waals surface area contributed by atoms with Crippen LogP contribution in [0.15, 0.2) is 36.4 Å². The van der Waals surface area contributed by atoms with Gasteiger partial charge in [0.25, 0.3) is 0 Å². The van der Waals surface area contributed by atoms with E-state index >= 15 is 0 Å². The molecule has 0 radical (unpaired) electrons. The molecule has 0 fully saturated rings. The third kappa shape index (κ3) is 1.89. The van der Waals surface area contributed by atoms with Gasteiger partial charge in [-0.3, -0.25) is 4.57 Å². The van der Waals surface area contributed by atoms with Gasteiger partial charge in [-0.15, -0.1) is 0 Å². The molecule has 0 spiro atoms. The van der Waals surface area contributed by atoms with Crippen molar-refractivity contribution in [3.8, 4) is 11.8 Å². The Kier molecular flexibility index (Phi) is 2.84. The van der Waals surface area contributed by atoms with E-state index in [1.54, 1.807) is 0 Å². The van der Waals surface area contributed by atoms with E-state index in [2.05, 4.69) is 4.98 Å².